The Morgan fingerprint density at radius 2 is 1.25 bits per heavy atom. The molecule has 2 rings (SSSR count). The van der Waals surface area contributed by atoms with E-state index in [1.807, 2.05) is 0 Å². The van der Waals surface area contributed by atoms with Gasteiger partial charge in [-0.1, -0.05) is 67.6 Å². The van der Waals surface area contributed by atoms with Crippen molar-refractivity contribution < 1.29 is 0 Å². The Morgan fingerprint density at radius 3 is 1.65 bits per heavy atom. The summed E-state index contributed by atoms with van der Waals surface area (Å²) in [6, 6.07) is 22.2. The zero-order valence-electron chi connectivity index (χ0n) is 12.5. The fourth-order valence-electron chi connectivity index (χ4n) is 2.75. The third-order valence-corrected chi connectivity index (χ3v) is 3.91. The van der Waals surface area contributed by atoms with Gasteiger partial charge < -0.3 is 5.32 Å². The molecular weight excluding hydrogens is 242 g/mol. The van der Waals surface area contributed by atoms with Crippen molar-refractivity contribution in [1.29, 1.82) is 0 Å². The standard InChI is InChI=1S/C19H25N/c1-3-20-16(2)19(14-17-10-6-4-7-11-17)15-18-12-8-5-9-13-18/h4-13,16,19-20H,3,14-15H2,1-2H3. The van der Waals surface area contributed by atoms with Crippen LogP contribution in [0.15, 0.2) is 60.7 Å². The molecule has 2 aromatic carbocycles. The smallest absolute Gasteiger partial charge is 0.00732 e. The third-order valence-electron chi connectivity index (χ3n) is 3.91. The second kappa shape index (κ2) is 7.86. The monoisotopic (exact) mass is 267 g/mol. The summed E-state index contributed by atoms with van der Waals surface area (Å²) in [5, 5.41) is 3.59. The fourth-order valence-corrected chi connectivity index (χ4v) is 2.75. The van der Waals surface area contributed by atoms with Crippen molar-refractivity contribution in [3.8, 4) is 0 Å². The summed E-state index contributed by atoms with van der Waals surface area (Å²) >= 11 is 0. The Balaban J connectivity index is 2.08. The van der Waals surface area contributed by atoms with E-state index in [0.717, 1.165) is 19.4 Å². The van der Waals surface area contributed by atoms with Crippen molar-refractivity contribution in [3.63, 3.8) is 0 Å². The first-order chi connectivity index (χ1) is 9.79. The predicted octanol–water partition coefficient (Wildman–Crippen LogP) is 4.09. The van der Waals surface area contributed by atoms with Crippen LogP contribution in [0.25, 0.3) is 0 Å². The summed E-state index contributed by atoms with van der Waals surface area (Å²) in [6.07, 6.45) is 2.26. The first-order valence-corrected chi connectivity index (χ1v) is 7.60. The molecule has 0 spiro atoms. The molecule has 2 aromatic rings. The molecular formula is C19H25N. The summed E-state index contributed by atoms with van der Waals surface area (Å²) in [4.78, 5) is 0. The number of hydrogen-bond donors (Lipinski definition) is 1. The minimum absolute atomic E-state index is 0.528. The lowest BCUT2D eigenvalue weighted by atomic mass is 9.87. The van der Waals surface area contributed by atoms with Gasteiger partial charge in [-0.05, 0) is 43.4 Å². The molecule has 1 atom stereocenters. The molecule has 0 radical (unpaired) electrons. The van der Waals surface area contributed by atoms with Crippen LogP contribution in [0.5, 0.6) is 0 Å². The molecule has 0 saturated carbocycles. The third kappa shape index (κ3) is 4.50. The highest BCUT2D eigenvalue weighted by Gasteiger charge is 2.17. The van der Waals surface area contributed by atoms with Crippen LogP contribution in [0.1, 0.15) is 25.0 Å². The van der Waals surface area contributed by atoms with E-state index in [1.54, 1.807) is 0 Å². The van der Waals surface area contributed by atoms with Crippen LogP contribution in [-0.4, -0.2) is 12.6 Å². The molecule has 20 heavy (non-hydrogen) atoms. The molecule has 0 aliphatic carbocycles. The van der Waals surface area contributed by atoms with Crippen molar-refractivity contribution in [1.82, 2.24) is 5.32 Å². The van der Waals surface area contributed by atoms with E-state index in [0.29, 0.717) is 12.0 Å². The number of rotatable bonds is 7. The highest BCUT2D eigenvalue weighted by molar-refractivity contribution is 5.19. The molecule has 1 nitrogen and oxygen atoms in total. The van der Waals surface area contributed by atoms with Gasteiger partial charge in [0.25, 0.3) is 0 Å². The second-order valence-corrected chi connectivity index (χ2v) is 5.49. The molecule has 0 aliphatic heterocycles. The molecule has 0 heterocycles. The van der Waals surface area contributed by atoms with Crippen LogP contribution >= 0.6 is 0 Å². The first kappa shape index (κ1) is 14.8. The molecule has 0 aliphatic rings. The molecule has 1 N–H and O–H groups in total. The Kier molecular flexibility index (Phi) is 5.82. The SMILES string of the molecule is CCNC(C)C(Cc1ccccc1)Cc1ccccc1. The van der Waals surface area contributed by atoms with E-state index >= 15 is 0 Å². The maximum absolute atomic E-state index is 3.59. The van der Waals surface area contributed by atoms with Crippen LogP contribution in [0.3, 0.4) is 0 Å². The lowest BCUT2D eigenvalue weighted by Gasteiger charge is -2.25. The van der Waals surface area contributed by atoms with Gasteiger partial charge in [-0.3, -0.25) is 0 Å². The fraction of sp³-hybridized carbons (Fsp3) is 0.368. The zero-order valence-corrected chi connectivity index (χ0v) is 12.5. The Labute approximate surface area is 123 Å². The molecule has 106 valence electrons. The van der Waals surface area contributed by atoms with Crippen LogP contribution in [-0.2, 0) is 12.8 Å². The molecule has 0 saturated heterocycles. The normalized spacial score (nSPS) is 12.6. The Morgan fingerprint density at radius 1 is 0.800 bits per heavy atom. The van der Waals surface area contributed by atoms with Crippen molar-refractivity contribution >= 4 is 0 Å². The van der Waals surface area contributed by atoms with E-state index in [2.05, 4.69) is 79.8 Å². The van der Waals surface area contributed by atoms with Crippen LogP contribution < -0.4 is 5.32 Å². The lowest BCUT2D eigenvalue weighted by Crippen LogP contribution is -2.35. The van der Waals surface area contributed by atoms with Gasteiger partial charge in [-0.15, -0.1) is 0 Å². The van der Waals surface area contributed by atoms with Crippen molar-refractivity contribution in [3.05, 3.63) is 71.8 Å². The topological polar surface area (TPSA) is 12.0 Å². The van der Waals surface area contributed by atoms with E-state index in [9.17, 15) is 0 Å². The van der Waals surface area contributed by atoms with Gasteiger partial charge >= 0.3 is 0 Å². The lowest BCUT2D eigenvalue weighted by molar-refractivity contribution is 0.375. The Bertz CT molecular complexity index is 436. The van der Waals surface area contributed by atoms with Gasteiger partial charge in [-0.25, -0.2) is 0 Å². The number of hydrogen-bond acceptors (Lipinski definition) is 1. The highest BCUT2D eigenvalue weighted by atomic mass is 14.9. The van der Waals surface area contributed by atoms with Crippen LogP contribution in [0.4, 0.5) is 0 Å². The summed E-state index contributed by atoms with van der Waals surface area (Å²) in [6.45, 7) is 5.51. The molecule has 1 heteroatoms. The minimum atomic E-state index is 0.528. The number of nitrogens with one attached hydrogen (secondary N) is 1. The summed E-state index contributed by atoms with van der Waals surface area (Å²) in [7, 11) is 0. The van der Waals surface area contributed by atoms with Gasteiger partial charge in [-0.2, -0.15) is 0 Å². The molecule has 0 fully saturated rings. The molecule has 0 amide bonds. The van der Waals surface area contributed by atoms with E-state index < -0.39 is 0 Å². The Hall–Kier alpha value is -1.60. The highest BCUT2D eigenvalue weighted by Crippen LogP contribution is 2.18. The van der Waals surface area contributed by atoms with Crippen molar-refractivity contribution in [2.24, 2.45) is 5.92 Å². The van der Waals surface area contributed by atoms with Gasteiger partial charge in [0.2, 0.25) is 0 Å². The maximum atomic E-state index is 3.59. The zero-order chi connectivity index (χ0) is 14.2. The maximum Gasteiger partial charge on any atom is 0.00732 e. The van der Waals surface area contributed by atoms with Gasteiger partial charge in [0.15, 0.2) is 0 Å². The molecule has 0 aromatic heterocycles. The quantitative estimate of drug-likeness (QED) is 0.797. The molecule has 1 unspecified atom stereocenters. The summed E-state index contributed by atoms with van der Waals surface area (Å²) < 4.78 is 0. The second-order valence-electron chi connectivity index (χ2n) is 5.49. The van der Waals surface area contributed by atoms with Gasteiger partial charge in [0.05, 0.1) is 0 Å². The summed E-state index contributed by atoms with van der Waals surface area (Å²) in [5.41, 5.74) is 2.86. The van der Waals surface area contributed by atoms with Crippen molar-refractivity contribution in [2.45, 2.75) is 32.7 Å². The average molecular weight is 267 g/mol. The van der Waals surface area contributed by atoms with Crippen LogP contribution in [0, 0.1) is 5.92 Å². The molecule has 0 bridgehead atoms. The van der Waals surface area contributed by atoms with Crippen LogP contribution in [0.2, 0.25) is 0 Å². The van der Waals surface area contributed by atoms with Crippen molar-refractivity contribution in [2.75, 3.05) is 6.54 Å². The first-order valence-electron chi connectivity index (χ1n) is 7.60. The average Bonchev–Trinajstić information content (AvgIpc) is 2.49. The largest absolute Gasteiger partial charge is 0.314 e. The van der Waals surface area contributed by atoms with E-state index in [1.165, 1.54) is 11.1 Å². The van der Waals surface area contributed by atoms with Gasteiger partial charge in [0.1, 0.15) is 0 Å². The number of benzene rings is 2. The summed E-state index contributed by atoms with van der Waals surface area (Å²) in [5.74, 6) is 0.625. The van der Waals surface area contributed by atoms with E-state index in [4.69, 9.17) is 0 Å². The van der Waals surface area contributed by atoms with E-state index in [-0.39, 0.29) is 0 Å². The predicted molar refractivity (Wildman–Crippen MR) is 86.9 cm³/mol. The van der Waals surface area contributed by atoms with Gasteiger partial charge in [0, 0.05) is 6.04 Å². The minimum Gasteiger partial charge on any atom is -0.314 e.